The lowest BCUT2D eigenvalue weighted by molar-refractivity contribution is -0.137. The summed E-state index contributed by atoms with van der Waals surface area (Å²) in [7, 11) is 0. The summed E-state index contributed by atoms with van der Waals surface area (Å²) >= 11 is 0. The number of ketones is 1. The average molecular weight is 381 g/mol. The summed E-state index contributed by atoms with van der Waals surface area (Å²) in [6.07, 6.45) is 11.2. The van der Waals surface area contributed by atoms with Crippen LogP contribution in [-0.4, -0.2) is 39.3 Å². The highest BCUT2D eigenvalue weighted by atomic mass is 16.4. The van der Waals surface area contributed by atoms with Gasteiger partial charge < -0.3 is 15.3 Å². The maximum atomic E-state index is 12.2. The Balaban J connectivity index is 2.63. The molecule has 4 atom stereocenters. The number of unbranched alkanes of at least 4 members (excludes halogenated alkanes) is 2. The molecule has 1 aliphatic carbocycles. The molecule has 0 radical (unpaired) electrons. The maximum absolute atomic E-state index is 12.2. The molecule has 5 heteroatoms. The lowest BCUT2D eigenvalue weighted by Crippen LogP contribution is -2.28. The van der Waals surface area contributed by atoms with Gasteiger partial charge in [-0.1, -0.05) is 57.9 Å². The van der Waals surface area contributed by atoms with Crippen LogP contribution in [0.5, 0.6) is 0 Å². The number of carbonyl (C=O) groups is 2. The van der Waals surface area contributed by atoms with Crippen LogP contribution in [0, 0.1) is 17.3 Å². The second-order valence-corrected chi connectivity index (χ2v) is 8.34. The number of allylic oxidation sites excluding steroid dienone is 2. The van der Waals surface area contributed by atoms with Crippen molar-refractivity contribution in [1.29, 1.82) is 0 Å². The molecule has 0 spiro atoms. The number of Topliss-reactive ketones (excluding diaryl/α,β-unsaturated/α-hetero) is 1. The Bertz CT molecular complexity index is 535. The van der Waals surface area contributed by atoms with Crippen molar-refractivity contribution >= 4 is 11.8 Å². The monoisotopic (exact) mass is 380 g/mol. The van der Waals surface area contributed by atoms with Gasteiger partial charge in [0.2, 0.25) is 0 Å². The van der Waals surface area contributed by atoms with Crippen molar-refractivity contribution in [2.45, 2.75) is 84.3 Å². The highest BCUT2D eigenvalue weighted by molar-refractivity contribution is 5.84. The molecular weight excluding hydrogens is 344 g/mol. The summed E-state index contributed by atoms with van der Waals surface area (Å²) in [6.45, 7) is 6.19. The normalized spacial score (nSPS) is 24.9. The van der Waals surface area contributed by atoms with Gasteiger partial charge in [-0.2, -0.15) is 0 Å². The topological polar surface area (TPSA) is 94.8 Å². The van der Waals surface area contributed by atoms with Gasteiger partial charge in [0.05, 0.1) is 12.2 Å². The Morgan fingerprint density at radius 1 is 1.30 bits per heavy atom. The first-order chi connectivity index (χ1) is 12.7. The molecule has 1 saturated carbocycles. The number of hydrogen-bond donors (Lipinski definition) is 3. The van der Waals surface area contributed by atoms with Crippen LogP contribution in [0.25, 0.3) is 0 Å². The number of hydrogen-bond acceptors (Lipinski definition) is 4. The molecule has 0 aliphatic heterocycles. The lowest BCUT2D eigenvalue weighted by Gasteiger charge is -2.29. The molecule has 0 saturated heterocycles. The van der Waals surface area contributed by atoms with E-state index in [1.165, 1.54) is 0 Å². The van der Waals surface area contributed by atoms with Crippen LogP contribution < -0.4 is 0 Å². The highest BCUT2D eigenvalue weighted by Crippen LogP contribution is 2.35. The molecule has 0 bridgehead atoms. The first kappa shape index (κ1) is 23.6. The molecule has 0 aromatic rings. The predicted octanol–water partition coefficient (Wildman–Crippen LogP) is 3.89. The van der Waals surface area contributed by atoms with Crippen molar-refractivity contribution in [3.8, 4) is 0 Å². The number of carboxylic acid groups (broad SMARTS) is 1. The Kier molecular flexibility index (Phi) is 9.95. The molecule has 0 aromatic carbocycles. The van der Waals surface area contributed by atoms with E-state index in [2.05, 4.69) is 6.92 Å². The van der Waals surface area contributed by atoms with Crippen LogP contribution in [0.3, 0.4) is 0 Å². The van der Waals surface area contributed by atoms with Gasteiger partial charge in [-0.05, 0) is 31.1 Å². The van der Waals surface area contributed by atoms with Crippen LogP contribution in [-0.2, 0) is 9.59 Å². The molecule has 0 heterocycles. The highest BCUT2D eigenvalue weighted by Gasteiger charge is 2.39. The lowest BCUT2D eigenvalue weighted by atomic mass is 9.80. The first-order valence-electron chi connectivity index (χ1n) is 10.1. The fourth-order valence-corrected chi connectivity index (χ4v) is 3.53. The van der Waals surface area contributed by atoms with Crippen molar-refractivity contribution in [3.05, 3.63) is 24.3 Å². The average Bonchev–Trinajstić information content (AvgIpc) is 2.86. The summed E-state index contributed by atoms with van der Waals surface area (Å²) in [5, 5.41) is 29.4. The van der Waals surface area contributed by atoms with Gasteiger partial charge in [0.1, 0.15) is 5.78 Å². The molecule has 1 aliphatic rings. The van der Waals surface area contributed by atoms with Crippen LogP contribution in [0.1, 0.15) is 72.1 Å². The third kappa shape index (κ3) is 7.97. The van der Waals surface area contributed by atoms with E-state index in [9.17, 15) is 19.8 Å². The zero-order chi connectivity index (χ0) is 20.4. The second-order valence-electron chi connectivity index (χ2n) is 8.34. The molecule has 0 unspecified atom stereocenters. The van der Waals surface area contributed by atoms with Crippen LogP contribution in [0.2, 0.25) is 0 Å². The zero-order valence-corrected chi connectivity index (χ0v) is 16.9. The molecular formula is C22H36O5. The molecule has 27 heavy (non-hydrogen) atoms. The Hall–Kier alpha value is -1.46. The van der Waals surface area contributed by atoms with Crippen LogP contribution in [0.4, 0.5) is 0 Å². The summed E-state index contributed by atoms with van der Waals surface area (Å²) in [5.41, 5.74) is -0.236. The largest absolute Gasteiger partial charge is 0.481 e. The van der Waals surface area contributed by atoms with Gasteiger partial charge in [-0.15, -0.1) is 0 Å². The number of carbonyl (C=O) groups excluding carboxylic acids is 1. The fourth-order valence-electron chi connectivity index (χ4n) is 3.53. The molecule has 0 amide bonds. The van der Waals surface area contributed by atoms with Gasteiger partial charge in [0, 0.05) is 24.7 Å². The summed E-state index contributed by atoms with van der Waals surface area (Å²) in [6, 6.07) is 0. The Morgan fingerprint density at radius 3 is 2.63 bits per heavy atom. The van der Waals surface area contributed by atoms with E-state index < -0.39 is 18.2 Å². The molecule has 3 N–H and O–H groups in total. The van der Waals surface area contributed by atoms with Crippen molar-refractivity contribution < 1.29 is 24.9 Å². The number of rotatable bonds is 12. The third-order valence-corrected chi connectivity index (χ3v) is 5.54. The number of carboxylic acids is 1. The van der Waals surface area contributed by atoms with E-state index >= 15 is 0 Å². The minimum Gasteiger partial charge on any atom is -0.481 e. The molecule has 5 nitrogen and oxygen atoms in total. The van der Waals surface area contributed by atoms with Gasteiger partial charge in [0.15, 0.2) is 0 Å². The number of aliphatic carboxylic acids is 1. The number of aliphatic hydroxyl groups is 2. The van der Waals surface area contributed by atoms with E-state index in [0.717, 1.165) is 19.3 Å². The van der Waals surface area contributed by atoms with Crippen molar-refractivity contribution in [1.82, 2.24) is 0 Å². The minimum atomic E-state index is -0.803. The Morgan fingerprint density at radius 2 is 2.00 bits per heavy atom. The molecule has 1 fully saturated rings. The van der Waals surface area contributed by atoms with Crippen molar-refractivity contribution in [2.24, 2.45) is 17.3 Å². The van der Waals surface area contributed by atoms with E-state index in [4.69, 9.17) is 5.11 Å². The molecule has 1 rings (SSSR count). The van der Waals surface area contributed by atoms with E-state index in [1.54, 1.807) is 6.08 Å². The first-order valence-corrected chi connectivity index (χ1v) is 10.1. The fraction of sp³-hybridized carbons (Fsp3) is 0.727. The van der Waals surface area contributed by atoms with Gasteiger partial charge >= 0.3 is 5.97 Å². The van der Waals surface area contributed by atoms with Gasteiger partial charge in [-0.25, -0.2) is 0 Å². The smallest absolute Gasteiger partial charge is 0.303 e. The quantitative estimate of drug-likeness (QED) is 0.353. The van der Waals surface area contributed by atoms with Crippen molar-refractivity contribution in [3.63, 3.8) is 0 Å². The maximum Gasteiger partial charge on any atom is 0.303 e. The summed E-state index contributed by atoms with van der Waals surface area (Å²) in [4.78, 5) is 22.7. The van der Waals surface area contributed by atoms with Crippen molar-refractivity contribution in [2.75, 3.05) is 0 Å². The summed E-state index contributed by atoms with van der Waals surface area (Å²) in [5.74, 6) is -1.31. The molecule has 0 aromatic heterocycles. The number of aliphatic hydroxyl groups excluding tert-OH is 2. The standard InChI is InChI=1S/C22H36O5/c1-4-5-14-22(2,3)20(25)13-12-17-16(18(23)15-19(17)24)10-8-6-7-9-11-21(26)27/h6,8,12-13,16-17,19-20,24-25H,4-5,7,9-11,14-15H2,1-3H3,(H,26,27)/b8-6-,13-12+/t16-,17-,19+,20+/m1/s1. The molecule has 154 valence electrons. The third-order valence-electron chi connectivity index (χ3n) is 5.54. The summed E-state index contributed by atoms with van der Waals surface area (Å²) < 4.78 is 0. The van der Waals surface area contributed by atoms with Gasteiger partial charge in [0.25, 0.3) is 0 Å². The SMILES string of the molecule is CCCCC(C)(C)[C@@H](O)/C=C/[C@H]1[C@@H](O)CC(=O)[C@@H]1C/C=C\CCCC(=O)O. The predicted molar refractivity (Wildman–Crippen MR) is 106 cm³/mol. The van der Waals surface area contributed by atoms with Crippen LogP contribution >= 0.6 is 0 Å². The minimum absolute atomic E-state index is 0.0482. The van der Waals surface area contributed by atoms with Gasteiger partial charge in [-0.3, -0.25) is 9.59 Å². The Labute approximate surface area is 163 Å². The van der Waals surface area contributed by atoms with Crippen LogP contribution in [0.15, 0.2) is 24.3 Å². The van der Waals surface area contributed by atoms with E-state index in [0.29, 0.717) is 19.3 Å². The van der Waals surface area contributed by atoms with E-state index in [1.807, 2.05) is 32.1 Å². The van der Waals surface area contributed by atoms with E-state index in [-0.39, 0.29) is 35.9 Å². The second kappa shape index (κ2) is 11.4. The zero-order valence-electron chi connectivity index (χ0n) is 16.9.